The van der Waals surface area contributed by atoms with E-state index in [1.165, 1.54) is 18.2 Å². The average Bonchev–Trinajstić information content (AvgIpc) is 2.70. The molecule has 154 valence electrons. The molecule has 0 radical (unpaired) electrons. The Balaban J connectivity index is 1.64. The van der Waals surface area contributed by atoms with E-state index in [0.717, 1.165) is 18.2 Å². The van der Waals surface area contributed by atoms with Crippen LogP contribution in [0.3, 0.4) is 0 Å². The van der Waals surface area contributed by atoms with Crippen LogP contribution >= 0.6 is 11.6 Å². The van der Waals surface area contributed by atoms with E-state index < -0.39 is 29.1 Å². The molecule has 0 aliphatic rings. The van der Waals surface area contributed by atoms with Crippen molar-refractivity contribution in [3.05, 3.63) is 82.9 Å². The average molecular weight is 433 g/mol. The van der Waals surface area contributed by atoms with Crippen LogP contribution in [0.1, 0.15) is 10.4 Å². The van der Waals surface area contributed by atoms with Gasteiger partial charge in [0.1, 0.15) is 34.4 Å². The Morgan fingerprint density at radius 1 is 0.933 bits per heavy atom. The lowest BCUT2D eigenvalue weighted by Gasteiger charge is -2.11. The zero-order chi connectivity index (χ0) is 21.7. The predicted molar refractivity (Wildman–Crippen MR) is 107 cm³/mol. The molecule has 0 fully saturated rings. The molecule has 0 aliphatic carbocycles. The summed E-state index contributed by atoms with van der Waals surface area (Å²) in [6.07, 6.45) is 0. The summed E-state index contributed by atoms with van der Waals surface area (Å²) in [4.78, 5) is 23.9. The number of benzene rings is 3. The van der Waals surface area contributed by atoms with E-state index in [0.29, 0.717) is 17.2 Å². The minimum Gasteiger partial charge on any atom is -0.497 e. The van der Waals surface area contributed by atoms with Gasteiger partial charge in [0.05, 0.1) is 12.1 Å². The van der Waals surface area contributed by atoms with Gasteiger partial charge in [-0.25, -0.2) is 13.6 Å². The van der Waals surface area contributed by atoms with Gasteiger partial charge in [-0.05, 0) is 54.6 Å². The maximum absolute atomic E-state index is 13.6. The number of methoxy groups -OCH3 is 1. The summed E-state index contributed by atoms with van der Waals surface area (Å²) in [5, 5.41) is 4.40. The van der Waals surface area contributed by atoms with Gasteiger partial charge in [0, 0.05) is 5.69 Å². The second-order valence-corrected chi connectivity index (χ2v) is 6.33. The van der Waals surface area contributed by atoms with Gasteiger partial charge in [-0.3, -0.25) is 10.1 Å². The molecule has 0 aliphatic heterocycles. The van der Waals surface area contributed by atoms with E-state index in [2.05, 4.69) is 5.32 Å². The number of anilines is 1. The number of urea groups is 1. The van der Waals surface area contributed by atoms with E-state index in [1.807, 2.05) is 5.32 Å². The van der Waals surface area contributed by atoms with Crippen LogP contribution in [-0.4, -0.2) is 19.0 Å². The Bertz CT molecular complexity index is 1070. The maximum Gasteiger partial charge on any atom is 0.326 e. The van der Waals surface area contributed by atoms with E-state index in [9.17, 15) is 18.4 Å². The van der Waals surface area contributed by atoms with Gasteiger partial charge >= 0.3 is 6.03 Å². The van der Waals surface area contributed by atoms with Gasteiger partial charge < -0.3 is 14.8 Å². The highest BCUT2D eigenvalue weighted by atomic mass is 35.5. The number of carbonyl (C=O) groups excluding carboxylic acids is 2. The van der Waals surface area contributed by atoms with E-state index >= 15 is 0 Å². The zero-order valence-electron chi connectivity index (χ0n) is 15.5. The van der Waals surface area contributed by atoms with Crippen molar-refractivity contribution in [3.8, 4) is 17.2 Å². The summed E-state index contributed by atoms with van der Waals surface area (Å²) in [6, 6.07) is 13.2. The topological polar surface area (TPSA) is 76.7 Å². The van der Waals surface area contributed by atoms with Crippen LogP contribution in [0.4, 0.5) is 19.3 Å². The van der Waals surface area contributed by atoms with Gasteiger partial charge in [-0.2, -0.15) is 0 Å². The molecule has 0 atom stereocenters. The fraction of sp³-hybridized carbons (Fsp3) is 0.0476. The van der Waals surface area contributed by atoms with Crippen molar-refractivity contribution in [2.45, 2.75) is 0 Å². The van der Waals surface area contributed by atoms with Gasteiger partial charge in [-0.1, -0.05) is 17.7 Å². The number of ether oxygens (including phenoxy) is 2. The molecular weight excluding hydrogens is 418 g/mol. The maximum atomic E-state index is 13.6. The van der Waals surface area contributed by atoms with Crippen LogP contribution in [0.15, 0.2) is 60.7 Å². The summed E-state index contributed by atoms with van der Waals surface area (Å²) in [6.45, 7) is 0. The normalized spacial score (nSPS) is 10.3. The molecule has 0 saturated heterocycles. The smallest absolute Gasteiger partial charge is 0.326 e. The third-order valence-corrected chi connectivity index (χ3v) is 4.19. The van der Waals surface area contributed by atoms with Crippen molar-refractivity contribution in [3.63, 3.8) is 0 Å². The molecule has 2 N–H and O–H groups in total. The lowest BCUT2D eigenvalue weighted by molar-refractivity contribution is 0.0959. The Labute approximate surface area is 175 Å². The Hall–Kier alpha value is -3.65. The summed E-state index contributed by atoms with van der Waals surface area (Å²) >= 11 is 6.18. The molecule has 3 aromatic carbocycles. The molecule has 3 amide bonds. The third kappa shape index (κ3) is 5.03. The number of amides is 3. The van der Waals surface area contributed by atoms with Crippen molar-refractivity contribution in [2.75, 3.05) is 12.4 Å². The van der Waals surface area contributed by atoms with Crippen LogP contribution in [0, 0.1) is 11.6 Å². The molecule has 30 heavy (non-hydrogen) atoms. The monoisotopic (exact) mass is 432 g/mol. The summed E-state index contributed by atoms with van der Waals surface area (Å²) in [7, 11) is 1.55. The second-order valence-electron chi connectivity index (χ2n) is 5.93. The fourth-order valence-corrected chi connectivity index (χ4v) is 2.69. The minimum atomic E-state index is -1.21. The SMILES string of the molecule is COc1ccc(Oc2ccc(NC(=O)NC(=O)c3c(F)cccc3F)cc2Cl)cc1. The number of rotatable bonds is 5. The van der Waals surface area contributed by atoms with Crippen LogP contribution in [-0.2, 0) is 0 Å². The molecular formula is C21H15ClF2N2O4. The van der Waals surface area contributed by atoms with Crippen molar-refractivity contribution in [1.29, 1.82) is 0 Å². The molecule has 0 heterocycles. The molecule has 0 unspecified atom stereocenters. The molecule has 0 bridgehead atoms. The van der Waals surface area contributed by atoms with E-state index in [-0.39, 0.29) is 10.7 Å². The van der Waals surface area contributed by atoms with Crippen LogP contribution in [0.25, 0.3) is 0 Å². The van der Waals surface area contributed by atoms with Gasteiger partial charge in [0.25, 0.3) is 5.91 Å². The molecule has 9 heteroatoms. The van der Waals surface area contributed by atoms with Gasteiger partial charge in [0.15, 0.2) is 0 Å². The van der Waals surface area contributed by atoms with Crippen molar-refractivity contribution in [1.82, 2.24) is 5.32 Å². The summed E-state index contributed by atoms with van der Waals surface area (Å²) in [5.74, 6) is -1.85. The van der Waals surface area contributed by atoms with Gasteiger partial charge in [-0.15, -0.1) is 0 Å². The highest BCUT2D eigenvalue weighted by molar-refractivity contribution is 6.32. The lowest BCUT2D eigenvalue weighted by atomic mass is 10.2. The zero-order valence-corrected chi connectivity index (χ0v) is 16.3. The third-order valence-electron chi connectivity index (χ3n) is 3.89. The molecule has 0 saturated carbocycles. The highest BCUT2D eigenvalue weighted by Crippen LogP contribution is 2.32. The first-order valence-corrected chi connectivity index (χ1v) is 8.93. The van der Waals surface area contributed by atoms with Crippen LogP contribution in [0.5, 0.6) is 17.2 Å². The Morgan fingerprint density at radius 2 is 1.57 bits per heavy atom. The van der Waals surface area contributed by atoms with Gasteiger partial charge in [0.2, 0.25) is 0 Å². The predicted octanol–water partition coefficient (Wildman–Crippen LogP) is 5.38. The van der Waals surface area contributed by atoms with Crippen molar-refractivity contribution >= 4 is 29.2 Å². The number of hydrogen-bond donors (Lipinski definition) is 2. The molecule has 3 rings (SSSR count). The van der Waals surface area contributed by atoms with Crippen molar-refractivity contribution < 1.29 is 27.8 Å². The molecule has 0 aromatic heterocycles. The molecule has 3 aromatic rings. The largest absolute Gasteiger partial charge is 0.497 e. The second kappa shape index (κ2) is 9.23. The number of carbonyl (C=O) groups is 2. The van der Waals surface area contributed by atoms with E-state index in [1.54, 1.807) is 31.4 Å². The fourth-order valence-electron chi connectivity index (χ4n) is 2.47. The van der Waals surface area contributed by atoms with Crippen molar-refractivity contribution in [2.24, 2.45) is 0 Å². The Morgan fingerprint density at radius 3 is 2.17 bits per heavy atom. The molecule has 6 nitrogen and oxygen atoms in total. The number of imide groups is 1. The first kappa shape index (κ1) is 21.1. The summed E-state index contributed by atoms with van der Waals surface area (Å²) in [5.41, 5.74) is -0.615. The number of nitrogens with one attached hydrogen (secondary N) is 2. The highest BCUT2D eigenvalue weighted by Gasteiger charge is 2.19. The first-order chi connectivity index (χ1) is 14.4. The lowest BCUT2D eigenvalue weighted by Crippen LogP contribution is -2.35. The first-order valence-electron chi connectivity index (χ1n) is 8.55. The van der Waals surface area contributed by atoms with Crippen LogP contribution in [0.2, 0.25) is 5.02 Å². The standard InChI is InChI=1S/C21H15ClF2N2O4/c1-29-13-6-8-14(9-7-13)30-18-10-5-12(11-15(18)22)25-21(28)26-20(27)19-16(23)3-2-4-17(19)24/h2-11H,1H3,(H2,25,26,27,28). The van der Waals surface area contributed by atoms with E-state index in [4.69, 9.17) is 21.1 Å². The minimum absolute atomic E-state index is 0.190. The number of hydrogen-bond acceptors (Lipinski definition) is 4. The number of halogens is 3. The summed E-state index contributed by atoms with van der Waals surface area (Å²) < 4.78 is 38.0. The quantitative estimate of drug-likeness (QED) is 0.567. The van der Waals surface area contributed by atoms with Crippen LogP contribution < -0.4 is 20.1 Å². The Kier molecular flexibility index (Phi) is 6.48. The molecule has 0 spiro atoms.